The third-order valence-corrected chi connectivity index (χ3v) is 6.74. The summed E-state index contributed by atoms with van der Waals surface area (Å²) in [5.41, 5.74) is 0.935. The van der Waals surface area contributed by atoms with Gasteiger partial charge in [0.15, 0.2) is 5.75 Å². The van der Waals surface area contributed by atoms with Gasteiger partial charge in [0, 0.05) is 10.4 Å². The summed E-state index contributed by atoms with van der Waals surface area (Å²) in [6, 6.07) is 12.1. The van der Waals surface area contributed by atoms with E-state index in [9.17, 15) is 8.42 Å². The Morgan fingerprint density at radius 2 is 1.78 bits per heavy atom. The molecular weight excluding hydrogens is 514 g/mol. The summed E-state index contributed by atoms with van der Waals surface area (Å²) in [5.74, 6) is 0.589. The SMILES string of the molecule is C=C(Cl)/C=C(Cl)\C(=C/C)S(=O)(=O)Nc1cc(Cl)c(Oc2cnc3ccccc3c2)c(Cl)c1. The fraction of sp³-hybridized carbons (Fsp3) is 0.0455. The van der Waals surface area contributed by atoms with Crippen LogP contribution in [0.25, 0.3) is 10.9 Å². The molecule has 0 spiro atoms. The van der Waals surface area contributed by atoms with E-state index in [-0.39, 0.29) is 36.5 Å². The maximum atomic E-state index is 12.8. The van der Waals surface area contributed by atoms with E-state index in [2.05, 4.69) is 16.3 Å². The van der Waals surface area contributed by atoms with Gasteiger partial charge in [-0.25, -0.2) is 8.42 Å². The summed E-state index contributed by atoms with van der Waals surface area (Å²) in [4.78, 5) is 4.14. The molecule has 1 heterocycles. The number of benzene rings is 2. The van der Waals surface area contributed by atoms with E-state index in [1.807, 2.05) is 24.3 Å². The molecule has 5 nitrogen and oxygen atoms in total. The van der Waals surface area contributed by atoms with Gasteiger partial charge in [0.25, 0.3) is 10.0 Å². The number of fused-ring (bicyclic) bond motifs is 1. The number of pyridine rings is 1. The third-order valence-electron chi connectivity index (χ3n) is 4.11. The summed E-state index contributed by atoms with van der Waals surface area (Å²) >= 11 is 24.4. The maximum absolute atomic E-state index is 12.8. The molecule has 0 unspecified atom stereocenters. The molecule has 166 valence electrons. The molecule has 1 aromatic heterocycles. The maximum Gasteiger partial charge on any atom is 0.263 e. The Labute approximate surface area is 206 Å². The minimum atomic E-state index is -4.06. The summed E-state index contributed by atoms with van der Waals surface area (Å²) in [6.45, 7) is 4.99. The van der Waals surface area contributed by atoms with Crippen LogP contribution in [0.15, 0.2) is 82.4 Å². The summed E-state index contributed by atoms with van der Waals surface area (Å²) in [6.07, 6.45) is 4.10. The Kier molecular flexibility index (Phi) is 7.75. The zero-order valence-electron chi connectivity index (χ0n) is 16.6. The van der Waals surface area contributed by atoms with E-state index in [0.717, 1.165) is 10.9 Å². The smallest absolute Gasteiger partial charge is 0.263 e. The number of hydrogen-bond donors (Lipinski definition) is 1. The normalized spacial score (nSPS) is 12.7. The number of sulfonamides is 1. The predicted octanol–water partition coefficient (Wildman–Crippen LogP) is 7.85. The van der Waals surface area contributed by atoms with Crippen molar-refractivity contribution in [1.29, 1.82) is 0 Å². The van der Waals surface area contributed by atoms with Gasteiger partial charge in [0.2, 0.25) is 0 Å². The first kappa shape index (κ1) is 24.4. The fourth-order valence-corrected chi connectivity index (χ4v) is 5.22. The minimum absolute atomic E-state index is 0.0836. The van der Waals surface area contributed by atoms with Gasteiger partial charge in [0.05, 0.1) is 32.5 Å². The van der Waals surface area contributed by atoms with Crippen LogP contribution in [0.5, 0.6) is 11.5 Å². The summed E-state index contributed by atoms with van der Waals surface area (Å²) in [5, 5.41) is 1.06. The fourth-order valence-electron chi connectivity index (χ4n) is 2.78. The number of anilines is 1. The highest BCUT2D eigenvalue weighted by molar-refractivity contribution is 7.96. The molecule has 0 aliphatic heterocycles. The second kappa shape index (κ2) is 10.1. The zero-order chi connectivity index (χ0) is 23.5. The average Bonchev–Trinajstić information content (AvgIpc) is 2.70. The molecule has 0 saturated carbocycles. The number of nitrogens with zero attached hydrogens (tertiary/aromatic N) is 1. The lowest BCUT2D eigenvalue weighted by Gasteiger charge is -2.14. The molecule has 0 aliphatic carbocycles. The van der Waals surface area contributed by atoms with Crippen LogP contribution in [0.3, 0.4) is 0 Å². The van der Waals surface area contributed by atoms with Crippen molar-refractivity contribution in [3.8, 4) is 11.5 Å². The number of rotatable bonds is 7. The van der Waals surface area contributed by atoms with Crippen LogP contribution in [-0.4, -0.2) is 13.4 Å². The first-order chi connectivity index (χ1) is 15.1. The van der Waals surface area contributed by atoms with Gasteiger partial charge in [-0.3, -0.25) is 9.71 Å². The van der Waals surface area contributed by atoms with Gasteiger partial charge in [-0.1, -0.05) is 77.3 Å². The van der Waals surface area contributed by atoms with E-state index in [1.54, 1.807) is 12.3 Å². The highest BCUT2D eigenvalue weighted by atomic mass is 35.5. The summed E-state index contributed by atoms with van der Waals surface area (Å²) in [7, 11) is -4.06. The van der Waals surface area contributed by atoms with E-state index in [1.165, 1.54) is 31.2 Å². The lowest BCUT2D eigenvalue weighted by atomic mass is 10.2. The molecule has 3 rings (SSSR count). The molecule has 2 aromatic carbocycles. The average molecular weight is 530 g/mol. The van der Waals surface area contributed by atoms with Gasteiger partial charge in [0.1, 0.15) is 10.7 Å². The predicted molar refractivity (Wildman–Crippen MR) is 134 cm³/mol. The second-order valence-corrected chi connectivity index (χ2v) is 9.79. The second-order valence-electron chi connectivity index (χ2n) is 6.43. The number of para-hydroxylation sites is 1. The molecule has 10 heteroatoms. The van der Waals surface area contributed by atoms with Gasteiger partial charge < -0.3 is 4.74 Å². The number of aromatic nitrogens is 1. The van der Waals surface area contributed by atoms with Gasteiger partial charge in [-0.05, 0) is 37.3 Å². The van der Waals surface area contributed by atoms with Crippen molar-refractivity contribution in [3.63, 3.8) is 0 Å². The lowest BCUT2D eigenvalue weighted by Crippen LogP contribution is -2.15. The van der Waals surface area contributed by atoms with Crippen molar-refractivity contribution < 1.29 is 13.2 Å². The van der Waals surface area contributed by atoms with Gasteiger partial charge >= 0.3 is 0 Å². The highest BCUT2D eigenvalue weighted by Gasteiger charge is 2.22. The van der Waals surface area contributed by atoms with E-state index in [0.29, 0.717) is 5.75 Å². The number of allylic oxidation sites excluding steroid dienone is 4. The topological polar surface area (TPSA) is 68.3 Å². The quantitative estimate of drug-likeness (QED) is 0.316. The van der Waals surface area contributed by atoms with Crippen LogP contribution in [0.1, 0.15) is 6.92 Å². The van der Waals surface area contributed by atoms with Crippen molar-refractivity contribution in [2.45, 2.75) is 6.92 Å². The summed E-state index contributed by atoms with van der Waals surface area (Å²) < 4.78 is 33.8. The molecule has 0 aliphatic rings. The Morgan fingerprint density at radius 3 is 2.41 bits per heavy atom. The number of nitrogens with one attached hydrogen (secondary N) is 1. The zero-order valence-corrected chi connectivity index (χ0v) is 20.4. The van der Waals surface area contributed by atoms with Crippen LogP contribution in [0.2, 0.25) is 10.0 Å². The van der Waals surface area contributed by atoms with E-state index >= 15 is 0 Å². The van der Waals surface area contributed by atoms with Crippen LogP contribution >= 0.6 is 46.4 Å². The highest BCUT2D eigenvalue weighted by Crippen LogP contribution is 2.40. The Hall–Kier alpha value is -2.22. The first-order valence-corrected chi connectivity index (χ1v) is 12.0. The van der Waals surface area contributed by atoms with Gasteiger partial charge in [-0.15, -0.1) is 0 Å². The molecule has 0 radical (unpaired) electrons. The molecule has 1 N–H and O–H groups in total. The monoisotopic (exact) mass is 528 g/mol. The minimum Gasteiger partial charge on any atom is -0.453 e. The molecule has 0 saturated heterocycles. The standard InChI is InChI=1S/C22H16Cl4N2O3S/c1-3-21(17(24)8-13(2)23)32(29,30)28-15-10-18(25)22(19(26)11-15)31-16-9-14-6-4-5-7-20(14)27-12-16/h3-12,28H,2H2,1H3/b17-8+,21-3+. The van der Waals surface area contributed by atoms with Crippen molar-refractivity contribution in [2.75, 3.05) is 4.72 Å². The van der Waals surface area contributed by atoms with Crippen molar-refractivity contribution in [2.24, 2.45) is 0 Å². The molecule has 0 amide bonds. The third kappa shape index (κ3) is 5.77. The molecule has 3 aromatic rings. The van der Waals surface area contributed by atoms with Crippen LogP contribution in [0, 0.1) is 0 Å². The molecule has 32 heavy (non-hydrogen) atoms. The first-order valence-electron chi connectivity index (χ1n) is 9.03. The van der Waals surface area contributed by atoms with Gasteiger partial charge in [-0.2, -0.15) is 0 Å². The molecule has 0 bridgehead atoms. The number of ether oxygens (including phenoxy) is 1. The van der Waals surface area contributed by atoms with Crippen molar-refractivity contribution in [3.05, 3.63) is 92.4 Å². The number of hydrogen-bond acceptors (Lipinski definition) is 4. The Balaban J connectivity index is 1.88. The van der Waals surface area contributed by atoms with E-state index in [4.69, 9.17) is 51.1 Å². The Bertz CT molecular complexity index is 1350. The van der Waals surface area contributed by atoms with E-state index < -0.39 is 10.0 Å². The molecular formula is C22H16Cl4N2O3S. The lowest BCUT2D eigenvalue weighted by molar-refractivity contribution is 0.482. The van der Waals surface area contributed by atoms with Crippen LogP contribution < -0.4 is 9.46 Å². The molecule has 0 atom stereocenters. The van der Waals surface area contributed by atoms with Crippen molar-refractivity contribution >= 4 is 73.0 Å². The largest absolute Gasteiger partial charge is 0.453 e. The van der Waals surface area contributed by atoms with Crippen LogP contribution in [-0.2, 0) is 10.0 Å². The number of halogens is 4. The molecule has 0 fully saturated rings. The van der Waals surface area contributed by atoms with Crippen molar-refractivity contribution in [1.82, 2.24) is 4.98 Å². The van der Waals surface area contributed by atoms with Crippen LogP contribution in [0.4, 0.5) is 5.69 Å². The Morgan fingerprint density at radius 1 is 1.12 bits per heavy atom.